The van der Waals surface area contributed by atoms with Crippen molar-refractivity contribution < 1.29 is 37.4 Å². The summed E-state index contributed by atoms with van der Waals surface area (Å²) in [5.41, 5.74) is 0.757. The molecule has 1 aromatic heterocycles. The number of carbonyl (C=O) groups is 3. The van der Waals surface area contributed by atoms with E-state index in [0.29, 0.717) is 28.2 Å². The maximum atomic E-state index is 15.2. The Morgan fingerprint density at radius 3 is 2.33 bits per heavy atom. The Hall–Kier alpha value is -5.26. The molecule has 0 spiro atoms. The van der Waals surface area contributed by atoms with Gasteiger partial charge in [0, 0.05) is 42.5 Å². The summed E-state index contributed by atoms with van der Waals surface area (Å²) in [5.74, 6) is -2.97. The largest absolute Gasteiger partial charge is 0.493 e. The first-order valence-corrected chi connectivity index (χ1v) is 12.9. The molecule has 1 fully saturated rings. The van der Waals surface area contributed by atoms with E-state index in [1.807, 2.05) is 0 Å². The molecule has 42 heavy (non-hydrogen) atoms. The number of nitrogens with one attached hydrogen (secondary N) is 1. The van der Waals surface area contributed by atoms with E-state index in [1.54, 1.807) is 25.1 Å². The van der Waals surface area contributed by atoms with E-state index >= 15 is 4.39 Å². The van der Waals surface area contributed by atoms with Crippen molar-refractivity contribution in [3.8, 4) is 23.0 Å². The third-order valence-corrected chi connectivity index (χ3v) is 6.79. The Labute approximate surface area is 239 Å². The number of hydrogen-bond donors (Lipinski definition) is 1. The van der Waals surface area contributed by atoms with Crippen LogP contribution in [-0.2, 0) is 9.59 Å². The van der Waals surface area contributed by atoms with Crippen LogP contribution in [0.15, 0.2) is 66.9 Å². The molecule has 4 amide bonds. The standard InChI is InChI=1S/C30H26F2N4O6/c1-4-35-16-21(29(38)36(30(35)39)19-8-5-17(31)6-9-19)28(37)34-18-7-10-25(22(32)13-18)42-24-11-12-33-23-15-27(41-3)26(40-2)14-20(23)24/h5-15,21H,4,16H2,1-3H3,(H,34,37). The van der Waals surface area contributed by atoms with Gasteiger partial charge < -0.3 is 24.4 Å². The summed E-state index contributed by atoms with van der Waals surface area (Å²) in [6, 6.07) is 12.9. The van der Waals surface area contributed by atoms with E-state index in [9.17, 15) is 18.8 Å². The van der Waals surface area contributed by atoms with Crippen molar-refractivity contribution in [1.29, 1.82) is 0 Å². The predicted molar refractivity (Wildman–Crippen MR) is 150 cm³/mol. The minimum Gasteiger partial charge on any atom is -0.493 e. The van der Waals surface area contributed by atoms with E-state index in [4.69, 9.17) is 14.2 Å². The second-order valence-corrected chi connectivity index (χ2v) is 9.29. The minimum atomic E-state index is -1.28. The van der Waals surface area contributed by atoms with Crippen molar-refractivity contribution >= 4 is 40.1 Å². The number of halogens is 2. The number of hydrogen-bond acceptors (Lipinski definition) is 7. The SMILES string of the molecule is CCN1CC(C(=O)Nc2ccc(Oc3ccnc4cc(OC)c(OC)cc34)c(F)c2)C(=O)N(c2ccc(F)cc2)C1=O. The van der Waals surface area contributed by atoms with E-state index in [-0.39, 0.29) is 30.2 Å². The van der Waals surface area contributed by atoms with Gasteiger partial charge in [0.05, 0.1) is 25.4 Å². The normalized spacial score (nSPS) is 15.1. The lowest BCUT2D eigenvalue weighted by Crippen LogP contribution is -2.59. The summed E-state index contributed by atoms with van der Waals surface area (Å²) >= 11 is 0. The number of amides is 4. The van der Waals surface area contributed by atoms with Crippen molar-refractivity contribution in [3.63, 3.8) is 0 Å². The molecule has 0 radical (unpaired) electrons. The van der Waals surface area contributed by atoms with Crippen LogP contribution in [0.4, 0.5) is 25.0 Å². The average Bonchev–Trinajstić information content (AvgIpc) is 2.99. The first kappa shape index (κ1) is 28.3. The molecular weight excluding hydrogens is 550 g/mol. The van der Waals surface area contributed by atoms with Crippen molar-refractivity contribution in [3.05, 3.63) is 78.5 Å². The van der Waals surface area contributed by atoms with E-state index in [2.05, 4.69) is 10.3 Å². The maximum Gasteiger partial charge on any atom is 0.331 e. The van der Waals surface area contributed by atoms with Crippen molar-refractivity contribution in [2.45, 2.75) is 6.92 Å². The van der Waals surface area contributed by atoms with E-state index < -0.39 is 35.4 Å². The fourth-order valence-corrected chi connectivity index (χ4v) is 4.60. The summed E-state index contributed by atoms with van der Waals surface area (Å²) in [6.45, 7) is 1.78. The molecule has 3 aromatic carbocycles. The van der Waals surface area contributed by atoms with Gasteiger partial charge in [-0.2, -0.15) is 0 Å². The summed E-state index contributed by atoms with van der Waals surface area (Å²) in [5, 5.41) is 3.11. The first-order valence-electron chi connectivity index (χ1n) is 12.9. The number of methoxy groups -OCH3 is 2. The summed E-state index contributed by atoms with van der Waals surface area (Å²) in [7, 11) is 3.00. The Morgan fingerprint density at radius 1 is 0.952 bits per heavy atom. The van der Waals surface area contributed by atoms with Crippen LogP contribution in [-0.4, -0.2) is 55.0 Å². The van der Waals surface area contributed by atoms with Crippen molar-refractivity contribution in [2.24, 2.45) is 5.92 Å². The molecule has 4 aromatic rings. The molecule has 1 N–H and O–H groups in total. The van der Waals surface area contributed by atoms with Crippen LogP contribution in [0.5, 0.6) is 23.0 Å². The molecule has 0 saturated carbocycles. The highest BCUT2D eigenvalue weighted by atomic mass is 19.1. The molecular formula is C30H26F2N4O6. The molecule has 1 unspecified atom stereocenters. The number of pyridine rings is 1. The van der Waals surface area contributed by atoms with Gasteiger partial charge in [-0.15, -0.1) is 0 Å². The maximum absolute atomic E-state index is 15.2. The monoisotopic (exact) mass is 576 g/mol. The molecule has 216 valence electrons. The van der Waals surface area contributed by atoms with Gasteiger partial charge in [0.15, 0.2) is 23.1 Å². The van der Waals surface area contributed by atoms with Crippen LogP contribution < -0.4 is 24.4 Å². The molecule has 1 atom stereocenters. The topological polar surface area (TPSA) is 110 Å². The Morgan fingerprint density at radius 2 is 1.67 bits per heavy atom. The lowest BCUT2D eigenvalue weighted by molar-refractivity contribution is -0.132. The van der Waals surface area contributed by atoms with Crippen molar-refractivity contribution in [1.82, 2.24) is 9.88 Å². The highest BCUT2D eigenvalue weighted by Crippen LogP contribution is 2.37. The highest BCUT2D eigenvalue weighted by Gasteiger charge is 2.43. The van der Waals surface area contributed by atoms with Gasteiger partial charge in [-0.1, -0.05) is 0 Å². The molecule has 0 aliphatic carbocycles. The number of benzene rings is 3. The van der Waals surface area contributed by atoms with Crippen LogP contribution in [0.1, 0.15) is 6.92 Å². The van der Waals surface area contributed by atoms with Gasteiger partial charge in [0.2, 0.25) is 11.8 Å². The Kier molecular flexibility index (Phi) is 7.87. The summed E-state index contributed by atoms with van der Waals surface area (Å²) in [4.78, 5) is 45.8. The number of anilines is 2. The van der Waals surface area contributed by atoms with E-state index in [0.717, 1.165) is 23.1 Å². The summed E-state index contributed by atoms with van der Waals surface area (Å²) in [6.07, 6.45) is 1.51. The molecule has 1 saturated heterocycles. The zero-order valence-corrected chi connectivity index (χ0v) is 22.9. The molecule has 5 rings (SSSR count). The number of fused-ring (bicyclic) bond motifs is 1. The zero-order chi connectivity index (χ0) is 30.0. The highest BCUT2D eigenvalue weighted by molar-refractivity contribution is 6.23. The molecule has 1 aliphatic rings. The van der Waals surface area contributed by atoms with Gasteiger partial charge in [-0.25, -0.2) is 18.5 Å². The number of rotatable bonds is 8. The number of aromatic nitrogens is 1. The van der Waals surface area contributed by atoms with Gasteiger partial charge in [0.25, 0.3) is 0 Å². The van der Waals surface area contributed by atoms with Crippen LogP contribution >= 0.6 is 0 Å². The molecule has 0 bridgehead atoms. The lowest BCUT2D eigenvalue weighted by Gasteiger charge is -2.37. The number of carbonyl (C=O) groups excluding carboxylic acids is 3. The quantitative estimate of drug-likeness (QED) is 0.281. The Bertz CT molecular complexity index is 1680. The lowest BCUT2D eigenvalue weighted by atomic mass is 10.0. The van der Waals surface area contributed by atoms with Gasteiger partial charge in [-0.3, -0.25) is 14.6 Å². The van der Waals surface area contributed by atoms with Gasteiger partial charge >= 0.3 is 6.03 Å². The second kappa shape index (κ2) is 11.7. The molecule has 2 heterocycles. The molecule has 1 aliphatic heterocycles. The number of nitrogens with zero attached hydrogens (tertiary/aromatic N) is 3. The van der Waals surface area contributed by atoms with Crippen LogP contribution in [0.25, 0.3) is 10.9 Å². The number of imide groups is 1. The minimum absolute atomic E-state index is 0.0805. The number of ether oxygens (including phenoxy) is 3. The van der Waals surface area contributed by atoms with Crippen LogP contribution in [0.3, 0.4) is 0 Å². The summed E-state index contributed by atoms with van der Waals surface area (Å²) < 4.78 is 45.1. The smallest absolute Gasteiger partial charge is 0.331 e. The fraction of sp³-hybridized carbons (Fsp3) is 0.200. The van der Waals surface area contributed by atoms with Crippen LogP contribution in [0, 0.1) is 17.6 Å². The molecule has 10 nitrogen and oxygen atoms in total. The molecule has 12 heteroatoms. The van der Waals surface area contributed by atoms with Gasteiger partial charge in [0.1, 0.15) is 17.5 Å². The van der Waals surface area contributed by atoms with Crippen LogP contribution in [0.2, 0.25) is 0 Å². The zero-order valence-electron chi connectivity index (χ0n) is 22.9. The van der Waals surface area contributed by atoms with E-state index in [1.165, 1.54) is 49.6 Å². The Balaban J connectivity index is 1.36. The van der Waals surface area contributed by atoms with Crippen molar-refractivity contribution in [2.75, 3.05) is 37.5 Å². The second-order valence-electron chi connectivity index (χ2n) is 9.29. The average molecular weight is 577 g/mol. The third-order valence-electron chi connectivity index (χ3n) is 6.79. The first-order chi connectivity index (χ1) is 20.2. The third kappa shape index (κ3) is 5.38. The van der Waals surface area contributed by atoms with Gasteiger partial charge in [-0.05, 0) is 55.5 Å². The number of urea groups is 1. The fourth-order valence-electron chi connectivity index (χ4n) is 4.60. The predicted octanol–water partition coefficient (Wildman–Crippen LogP) is 5.37.